The Morgan fingerprint density at radius 1 is 0.333 bits per heavy atom. The number of allylic oxidation sites excluding steroid dienone is 2. The third-order valence-electron chi connectivity index (χ3n) is 17.8. The smallest absolute Gasteiger partial charge is 0.305 e. The Morgan fingerprint density at radius 2 is 0.580 bits per heavy atom. The summed E-state index contributed by atoms with van der Waals surface area (Å²) in [4.78, 5) is 24.7. The van der Waals surface area contributed by atoms with Crippen molar-refractivity contribution in [3.63, 3.8) is 0 Å². The Balaban J connectivity index is 3.33. The van der Waals surface area contributed by atoms with Crippen molar-refractivity contribution in [2.24, 2.45) is 0 Å². The third-order valence-corrected chi connectivity index (χ3v) is 17.8. The lowest BCUT2D eigenvalue weighted by Gasteiger charge is -2.22. The molecule has 81 heavy (non-hydrogen) atoms. The number of carbonyl (C=O) groups excluding carboxylic acids is 2. The van der Waals surface area contributed by atoms with Crippen molar-refractivity contribution in [1.29, 1.82) is 0 Å². The molecule has 0 aliphatic rings. The number of hydrogen-bond acceptors (Lipinski definition) is 5. The molecule has 482 valence electrons. The zero-order valence-corrected chi connectivity index (χ0v) is 55.3. The van der Waals surface area contributed by atoms with Crippen LogP contribution in [0.25, 0.3) is 0 Å². The predicted molar refractivity (Wildman–Crippen MR) is 357 cm³/mol. The topological polar surface area (TPSA) is 95.9 Å². The highest BCUT2D eigenvalue weighted by molar-refractivity contribution is 5.76. The highest BCUT2D eigenvalue weighted by atomic mass is 16.5. The molecule has 0 aliphatic carbocycles. The summed E-state index contributed by atoms with van der Waals surface area (Å²) in [6, 6.07) is -0.539. The van der Waals surface area contributed by atoms with Gasteiger partial charge in [0.25, 0.3) is 0 Å². The molecule has 2 unspecified atom stereocenters. The van der Waals surface area contributed by atoms with Gasteiger partial charge >= 0.3 is 5.97 Å². The largest absolute Gasteiger partial charge is 0.466 e. The Bertz CT molecular complexity index is 1220. The Morgan fingerprint density at radius 3 is 0.877 bits per heavy atom. The maximum absolute atomic E-state index is 12.5. The van der Waals surface area contributed by atoms with Gasteiger partial charge in [-0.3, -0.25) is 9.59 Å². The molecule has 0 bridgehead atoms. The van der Waals surface area contributed by atoms with Crippen LogP contribution in [0.15, 0.2) is 12.2 Å². The average Bonchev–Trinajstić information content (AvgIpc) is 3.47. The standard InChI is InChI=1S/C75H147NO5/c1-3-5-7-9-11-13-15-17-19-21-32-35-39-43-47-51-55-59-63-67-73(78)72(71-77)76-74(79)68-64-60-56-52-48-44-40-36-33-30-28-26-24-23-25-27-29-31-34-38-42-46-50-54-58-62-66-70-81-75(80)69-65-61-57-53-49-45-41-37-22-20-18-16-14-12-10-8-6-4-2/h20,22,72-73,77-78H,3-19,21,23-71H2,1-2H3,(H,76,79)/b22-20-. The Labute approximate surface area is 508 Å². The summed E-state index contributed by atoms with van der Waals surface area (Å²) in [5.74, 6) is -0.0109. The lowest BCUT2D eigenvalue weighted by molar-refractivity contribution is -0.143. The van der Waals surface area contributed by atoms with Crippen LogP contribution in [0.5, 0.6) is 0 Å². The molecule has 0 aliphatic heterocycles. The van der Waals surface area contributed by atoms with Crippen molar-refractivity contribution in [1.82, 2.24) is 5.32 Å². The van der Waals surface area contributed by atoms with Crippen LogP contribution < -0.4 is 5.32 Å². The molecule has 0 aromatic rings. The first-order valence-corrected chi connectivity index (χ1v) is 37.4. The van der Waals surface area contributed by atoms with Crippen LogP contribution in [0.4, 0.5) is 0 Å². The summed E-state index contributed by atoms with van der Waals surface area (Å²) in [5, 5.41) is 23.4. The molecule has 0 aromatic heterocycles. The highest BCUT2D eigenvalue weighted by Crippen LogP contribution is 2.20. The first kappa shape index (κ1) is 79.6. The van der Waals surface area contributed by atoms with Gasteiger partial charge in [0.2, 0.25) is 5.91 Å². The van der Waals surface area contributed by atoms with Crippen molar-refractivity contribution in [3.05, 3.63) is 12.2 Å². The molecule has 0 heterocycles. The lowest BCUT2D eigenvalue weighted by atomic mass is 10.0. The Kier molecular flexibility index (Phi) is 69.9. The van der Waals surface area contributed by atoms with Crippen LogP contribution in [0, 0.1) is 0 Å². The minimum atomic E-state index is -0.663. The minimum Gasteiger partial charge on any atom is -0.466 e. The lowest BCUT2D eigenvalue weighted by Crippen LogP contribution is -2.45. The van der Waals surface area contributed by atoms with E-state index in [0.29, 0.717) is 25.9 Å². The van der Waals surface area contributed by atoms with Gasteiger partial charge in [-0.25, -0.2) is 0 Å². The second kappa shape index (κ2) is 71.1. The molecular formula is C75H147NO5. The van der Waals surface area contributed by atoms with Gasteiger partial charge in [-0.2, -0.15) is 0 Å². The number of aliphatic hydroxyl groups excluding tert-OH is 2. The molecule has 0 saturated carbocycles. The maximum atomic E-state index is 12.5. The molecule has 0 aromatic carbocycles. The highest BCUT2D eigenvalue weighted by Gasteiger charge is 2.20. The van der Waals surface area contributed by atoms with E-state index in [0.717, 1.165) is 44.9 Å². The fourth-order valence-corrected chi connectivity index (χ4v) is 12.1. The normalized spacial score (nSPS) is 12.5. The first-order chi connectivity index (χ1) is 40.0. The van der Waals surface area contributed by atoms with Gasteiger partial charge in [0.1, 0.15) is 0 Å². The number of rotatable bonds is 71. The van der Waals surface area contributed by atoms with Crippen LogP contribution in [0.2, 0.25) is 0 Å². The monoisotopic (exact) mass is 1140 g/mol. The molecule has 0 saturated heterocycles. The number of unbranched alkanes of at least 4 members (excludes halogenated alkanes) is 58. The third kappa shape index (κ3) is 67.6. The van der Waals surface area contributed by atoms with Crippen molar-refractivity contribution in [2.45, 2.75) is 443 Å². The summed E-state index contributed by atoms with van der Waals surface area (Å²) < 4.78 is 5.51. The van der Waals surface area contributed by atoms with Gasteiger partial charge in [0.15, 0.2) is 0 Å². The number of ether oxygens (including phenoxy) is 1. The van der Waals surface area contributed by atoms with E-state index in [1.165, 1.54) is 353 Å². The quantitative estimate of drug-likeness (QED) is 0.0320. The van der Waals surface area contributed by atoms with Crippen LogP contribution in [-0.2, 0) is 14.3 Å². The van der Waals surface area contributed by atoms with Crippen molar-refractivity contribution in [3.8, 4) is 0 Å². The summed E-state index contributed by atoms with van der Waals surface area (Å²) in [6.07, 6.45) is 88.5. The molecule has 3 N–H and O–H groups in total. The molecule has 6 nitrogen and oxygen atoms in total. The molecular weight excluding hydrogens is 995 g/mol. The zero-order chi connectivity index (χ0) is 58.5. The van der Waals surface area contributed by atoms with Gasteiger partial charge in [-0.05, 0) is 51.4 Å². The minimum absolute atomic E-state index is 0.0165. The second-order valence-electron chi connectivity index (χ2n) is 26.0. The van der Waals surface area contributed by atoms with Crippen LogP contribution in [0.3, 0.4) is 0 Å². The molecule has 0 rings (SSSR count). The van der Waals surface area contributed by atoms with E-state index in [-0.39, 0.29) is 18.5 Å². The summed E-state index contributed by atoms with van der Waals surface area (Å²) in [5.41, 5.74) is 0. The van der Waals surface area contributed by atoms with Crippen LogP contribution >= 0.6 is 0 Å². The van der Waals surface area contributed by atoms with E-state index in [1.807, 2.05) is 0 Å². The summed E-state index contributed by atoms with van der Waals surface area (Å²) >= 11 is 0. The molecule has 0 spiro atoms. The number of hydrogen-bond donors (Lipinski definition) is 3. The molecule has 1 amide bonds. The van der Waals surface area contributed by atoms with Crippen LogP contribution in [-0.4, -0.2) is 47.4 Å². The van der Waals surface area contributed by atoms with Gasteiger partial charge in [-0.1, -0.05) is 379 Å². The van der Waals surface area contributed by atoms with Crippen molar-refractivity contribution in [2.75, 3.05) is 13.2 Å². The maximum Gasteiger partial charge on any atom is 0.305 e. The number of nitrogens with one attached hydrogen (secondary N) is 1. The molecule has 0 fully saturated rings. The second-order valence-corrected chi connectivity index (χ2v) is 26.0. The number of esters is 1. The van der Waals surface area contributed by atoms with E-state index in [4.69, 9.17) is 4.74 Å². The zero-order valence-electron chi connectivity index (χ0n) is 55.3. The van der Waals surface area contributed by atoms with Gasteiger partial charge in [0, 0.05) is 12.8 Å². The number of aliphatic hydroxyl groups is 2. The fourth-order valence-electron chi connectivity index (χ4n) is 12.1. The molecule has 6 heteroatoms. The van der Waals surface area contributed by atoms with Crippen LogP contribution in [0.1, 0.15) is 431 Å². The molecule has 0 radical (unpaired) electrons. The van der Waals surface area contributed by atoms with Gasteiger partial charge in [-0.15, -0.1) is 0 Å². The summed E-state index contributed by atoms with van der Waals surface area (Å²) in [7, 11) is 0. The van der Waals surface area contributed by atoms with Crippen molar-refractivity contribution >= 4 is 11.9 Å². The van der Waals surface area contributed by atoms with E-state index in [1.54, 1.807) is 0 Å². The molecule has 2 atom stereocenters. The number of amides is 1. The van der Waals surface area contributed by atoms with Crippen molar-refractivity contribution < 1.29 is 24.5 Å². The predicted octanol–water partition coefficient (Wildman–Crippen LogP) is 24.3. The SMILES string of the molecule is CCCCCCCCC/C=C\CCCCCCCCCC(=O)OCCCCCCCCCCCCCCCCCCCCCCCCCCCCCC(=O)NC(CO)C(O)CCCCCCCCCCCCCCCCCCCCC. The van der Waals surface area contributed by atoms with E-state index in [9.17, 15) is 19.8 Å². The summed E-state index contributed by atoms with van der Waals surface area (Å²) in [6.45, 7) is 5.00. The number of carbonyl (C=O) groups is 2. The Hall–Kier alpha value is -1.40. The first-order valence-electron chi connectivity index (χ1n) is 37.4. The fraction of sp³-hybridized carbons (Fsp3) is 0.947. The van der Waals surface area contributed by atoms with E-state index in [2.05, 4.69) is 31.3 Å². The van der Waals surface area contributed by atoms with E-state index >= 15 is 0 Å². The average molecular weight is 1140 g/mol. The van der Waals surface area contributed by atoms with Gasteiger partial charge < -0.3 is 20.3 Å². The van der Waals surface area contributed by atoms with Gasteiger partial charge in [0.05, 0.1) is 25.4 Å². The van der Waals surface area contributed by atoms with E-state index < -0.39 is 12.1 Å².